The standard InChI is InChI=1S/C15H12BrN3OS/c16-10-4-5-13(12(17)7-10)21-9-11-8-15(20)19-6-2-1-3-14(19)18-11/h1-8H,9,17H2. The number of anilines is 1. The van der Waals surface area contributed by atoms with E-state index in [1.165, 1.54) is 4.40 Å². The van der Waals surface area contributed by atoms with Crippen LogP contribution in [0.15, 0.2) is 62.8 Å². The summed E-state index contributed by atoms with van der Waals surface area (Å²) in [6.07, 6.45) is 1.72. The molecule has 4 nitrogen and oxygen atoms in total. The number of nitrogens with zero attached hydrogens (tertiary/aromatic N) is 2. The van der Waals surface area contributed by atoms with Crippen LogP contribution in [0, 0.1) is 0 Å². The fourth-order valence-corrected chi connectivity index (χ4v) is 3.20. The highest BCUT2D eigenvalue weighted by molar-refractivity contribution is 9.10. The van der Waals surface area contributed by atoms with E-state index >= 15 is 0 Å². The van der Waals surface area contributed by atoms with Gasteiger partial charge in [-0.2, -0.15) is 0 Å². The minimum Gasteiger partial charge on any atom is -0.398 e. The van der Waals surface area contributed by atoms with Crippen molar-refractivity contribution in [3.63, 3.8) is 0 Å². The van der Waals surface area contributed by atoms with Gasteiger partial charge in [-0.1, -0.05) is 22.0 Å². The molecule has 21 heavy (non-hydrogen) atoms. The van der Waals surface area contributed by atoms with Gasteiger partial charge in [-0.15, -0.1) is 11.8 Å². The topological polar surface area (TPSA) is 60.4 Å². The lowest BCUT2D eigenvalue weighted by Gasteiger charge is -2.06. The molecule has 2 heterocycles. The van der Waals surface area contributed by atoms with Crippen LogP contribution in [0.2, 0.25) is 0 Å². The van der Waals surface area contributed by atoms with Crippen LogP contribution in [0.4, 0.5) is 5.69 Å². The predicted octanol–water partition coefficient (Wildman–Crippen LogP) is 3.33. The van der Waals surface area contributed by atoms with Crippen molar-refractivity contribution in [2.75, 3.05) is 5.73 Å². The van der Waals surface area contributed by atoms with Gasteiger partial charge in [0.15, 0.2) is 0 Å². The van der Waals surface area contributed by atoms with E-state index in [-0.39, 0.29) is 5.56 Å². The predicted molar refractivity (Wildman–Crippen MR) is 89.6 cm³/mol. The van der Waals surface area contributed by atoms with Crippen LogP contribution >= 0.6 is 27.7 Å². The van der Waals surface area contributed by atoms with Crippen molar-refractivity contribution >= 4 is 39.0 Å². The van der Waals surface area contributed by atoms with E-state index in [1.807, 2.05) is 36.4 Å². The van der Waals surface area contributed by atoms with Gasteiger partial charge in [0.2, 0.25) is 0 Å². The first-order valence-electron chi connectivity index (χ1n) is 6.28. The minimum atomic E-state index is -0.0695. The molecule has 0 unspecified atom stereocenters. The first kappa shape index (κ1) is 14.2. The van der Waals surface area contributed by atoms with Gasteiger partial charge in [0.1, 0.15) is 5.65 Å². The molecule has 1 aromatic carbocycles. The zero-order chi connectivity index (χ0) is 14.8. The Morgan fingerprint density at radius 1 is 1.24 bits per heavy atom. The zero-order valence-corrected chi connectivity index (χ0v) is 13.4. The van der Waals surface area contributed by atoms with E-state index in [2.05, 4.69) is 20.9 Å². The third-order valence-corrected chi connectivity index (χ3v) is 4.59. The van der Waals surface area contributed by atoms with E-state index < -0.39 is 0 Å². The van der Waals surface area contributed by atoms with Crippen molar-refractivity contribution in [1.82, 2.24) is 9.38 Å². The largest absolute Gasteiger partial charge is 0.398 e. The van der Waals surface area contributed by atoms with E-state index in [0.717, 1.165) is 15.1 Å². The Kier molecular flexibility index (Phi) is 3.98. The van der Waals surface area contributed by atoms with Crippen LogP contribution in [0.3, 0.4) is 0 Å². The summed E-state index contributed by atoms with van der Waals surface area (Å²) < 4.78 is 2.48. The maximum Gasteiger partial charge on any atom is 0.258 e. The molecule has 0 aliphatic rings. The first-order chi connectivity index (χ1) is 10.1. The van der Waals surface area contributed by atoms with Gasteiger partial charge in [0.05, 0.1) is 5.69 Å². The summed E-state index contributed by atoms with van der Waals surface area (Å²) in [6.45, 7) is 0. The number of halogens is 1. The maximum absolute atomic E-state index is 12.0. The second-order valence-corrected chi connectivity index (χ2v) is 6.42. The van der Waals surface area contributed by atoms with Gasteiger partial charge in [-0.3, -0.25) is 9.20 Å². The van der Waals surface area contributed by atoms with Gasteiger partial charge >= 0.3 is 0 Å². The van der Waals surface area contributed by atoms with Crippen molar-refractivity contribution in [3.8, 4) is 0 Å². The van der Waals surface area contributed by atoms with Crippen LogP contribution in [0.25, 0.3) is 5.65 Å². The molecule has 0 saturated carbocycles. The lowest BCUT2D eigenvalue weighted by atomic mass is 10.3. The second kappa shape index (κ2) is 5.91. The Morgan fingerprint density at radius 2 is 2.10 bits per heavy atom. The Morgan fingerprint density at radius 3 is 2.90 bits per heavy atom. The van der Waals surface area contributed by atoms with Crippen molar-refractivity contribution in [3.05, 3.63) is 69.2 Å². The number of aromatic nitrogens is 2. The summed E-state index contributed by atoms with van der Waals surface area (Å²) in [4.78, 5) is 17.5. The number of nitrogen functional groups attached to an aromatic ring is 1. The summed E-state index contributed by atoms with van der Waals surface area (Å²) >= 11 is 4.95. The molecule has 0 atom stereocenters. The Hall–Kier alpha value is -1.79. The Balaban J connectivity index is 1.87. The molecule has 0 aliphatic heterocycles. The molecule has 106 valence electrons. The van der Waals surface area contributed by atoms with Gasteiger partial charge in [0.25, 0.3) is 5.56 Å². The van der Waals surface area contributed by atoms with Crippen LogP contribution in [0.5, 0.6) is 0 Å². The SMILES string of the molecule is Nc1cc(Br)ccc1SCc1cc(=O)n2ccccc2n1. The number of benzene rings is 1. The van der Waals surface area contributed by atoms with Crippen LogP contribution in [-0.4, -0.2) is 9.38 Å². The minimum absolute atomic E-state index is 0.0695. The molecule has 0 radical (unpaired) electrons. The van der Waals surface area contributed by atoms with E-state index in [9.17, 15) is 4.79 Å². The number of rotatable bonds is 3. The summed E-state index contributed by atoms with van der Waals surface area (Å²) in [7, 11) is 0. The number of nitrogens with two attached hydrogens (primary N) is 1. The van der Waals surface area contributed by atoms with Crippen LogP contribution < -0.4 is 11.3 Å². The highest BCUT2D eigenvalue weighted by Crippen LogP contribution is 2.29. The van der Waals surface area contributed by atoms with E-state index in [1.54, 1.807) is 24.0 Å². The second-order valence-electron chi connectivity index (χ2n) is 4.49. The van der Waals surface area contributed by atoms with E-state index in [0.29, 0.717) is 17.1 Å². The maximum atomic E-state index is 12.0. The van der Waals surface area contributed by atoms with Crippen molar-refractivity contribution < 1.29 is 0 Å². The van der Waals surface area contributed by atoms with Crippen molar-refractivity contribution in [1.29, 1.82) is 0 Å². The number of hydrogen-bond donors (Lipinski definition) is 1. The molecule has 0 bridgehead atoms. The lowest BCUT2D eigenvalue weighted by molar-refractivity contribution is 1.01. The number of thioether (sulfide) groups is 1. The lowest BCUT2D eigenvalue weighted by Crippen LogP contribution is -2.14. The Bertz CT molecular complexity index is 863. The highest BCUT2D eigenvalue weighted by Gasteiger charge is 2.05. The number of fused-ring (bicyclic) bond motifs is 1. The quantitative estimate of drug-likeness (QED) is 0.574. The third-order valence-electron chi connectivity index (χ3n) is 2.97. The molecule has 2 aromatic heterocycles. The highest BCUT2D eigenvalue weighted by atomic mass is 79.9. The van der Waals surface area contributed by atoms with Crippen LogP contribution in [-0.2, 0) is 5.75 Å². The molecule has 3 aromatic rings. The molecule has 2 N–H and O–H groups in total. The average molecular weight is 362 g/mol. The number of hydrogen-bond acceptors (Lipinski definition) is 4. The summed E-state index contributed by atoms with van der Waals surface area (Å²) in [5.41, 5.74) is 8.02. The molecule has 6 heteroatoms. The molecule has 0 saturated heterocycles. The smallest absolute Gasteiger partial charge is 0.258 e. The van der Waals surface area contributed by atoms with Gasteiger partial charge in [-0.25, -0.2) is 4.98 Å². The van der Waals surface area contributed by atoms with Gasteiger partial charge in [-0.05, 0) is 30.3 Å². The van der Waals surface area contributed by atoms with Crippen molar-refractivity contribution in [2.45, 2.75) is 10.6 Å². The molecule has 0 aliphatic carbocycles. The van der Waals surface area contributed by atoms with E-state index in [4.69, 9.17) is 5.73 Å². The molecular weight excluding hydrogens is 350 g/mol. The molecule has 0 fully saturated rings. The molecular formula is C15H12BrN3OS. The fourth-order valence-electron chi connectivity index (χ4n) is 1.98. The van der Waals surface area contributed by atoms with Gasteiger partial charge < -0.3 is 5.73 Å². The fraction of sp³-hybridized carbons (Fsp3) is 0.0667. The normalized spacial score (nSPS) is 10.9. The molecule has 0 amide bonds. The van der Waals surface area contributed by atoms with Crippen LogP contribution in [0.1, 0.15) is 5.69 Å². The molecule has 0 spiro atoms. The first-order valence-corrected chi connectivity index (χ1v) is 8.06. The number of pyridine rings is 1. The summed E-state index contributed by atoms with van der Waals surface area (Å²) in [6, 6.07) is 12.8. The third kappa shape index (κ3) is 3.11. The average Bonchev–Trinajstić information content (AvgIpc) is 2.46. The van der Waals surface area contributed by atoms with Crippen molar-refractivity contribution in [2.24, 2.45) is 0 Å². The summed E-state index contributed by atoms with van der Waals surface area (Å²) in [5, 5.41) is 0. The van der Waals surface area contributed by atoms with Gasteiger partial charge in [0, 0.05) is 33.1 Å². The monoisotopic (exact) mass is 361 g/mol. The Labute approximate surface area is 134 Å². The zero-order valence-electron chi connectivity index (χ0n) is 11.0. The molecule has 3 rings (SSSR count). The summed E-state index contributed by atoms with van der Waals surface area (Å²) in [5.74, 6) is 0.604.